The summed E-state index contributed by atoms with van der Waals surface area (Å²) in [7, 11) is 0. The first kappa shape index (κ1) is 17.8. The van der Waals surface area contributed by atoms with E-state index >= 15 is 0 Å². The SMILES string of the molecule is Cc1ccc(-c2nnc(-c3nc(N4CCC(C)CC4)c4ccccc4n3)o2)cc1. The van der Waals surface area contributed by atoms with Crippen LogP contribution in [0.5, 0.6) is 0 Å². The lowest BCUT2D eigenvalue weighted by molar-refractivity contribution is 0.437. The Morgan fingerprint density at radius 3 is 2.41 bits per heavy atom. The molecule has 0 radical (unpaired) electrons. The van der Waals surface area contributed by atoms with E-state index in [4.69, 9.17) is 14.4 Å². The van der Waals surface area contributed by atoms with Crippen molar-refractivity contribution in [1.29, 1.82) is 0 Å². The van der Waals surface area contributed by atoms with E-state index in [1.54, 1.807) is 0 Å². The third-order valence-corrected chi connectivity index (χ3v) is 5.58. The fourth-order valence-corrected chi connectivity index (χ4v) is 3.74. The number of para-hydroxylation sites is 1. The van der Waals surface area contributed by atoms with Gasteiger partial charge in [0.25, 0.3) is 5.89 Å². The second-order valence-electron chi connectivity index (χ2n) is 7.84. The van der Waals surface area contributed by atoms with Gasteiger partial charge in [-0.05, 0) is 49.9 Å². The summed E-state index contributed by atoms with van der Waals surface area (Å²) >= 11 is 0. The van der Waals surface area contributed by atoms with E-state index in [0.717, 1.165) is 41.3 Å². The molecule has 2 aromatic heterocycles. The summed E-state index contributed by atoms with van der Waals surface area (Å²) in [6.45, 7) is 6.36. The maximum atomic E-state index is 5.94. The highest BCUT2D eigenvalue weighted by molar-refractivity contribution is 5.90. The predicted molar refractivity (Wildman–Crippen MR) is 114 cm³/mol. The highest BCUT2D eigenvalue weighted by Crippen LogP contribution is 2.31. The van der Waals surface area contributed by atoms with E-state index in [2.05, 4.69) is 35.0 Å². The van der Waals surface area contributed by atoms with Gasteiger partial charge >= 0.3 is 0 Å². The van der Waals surface area contributed by atoms with E-state index < -0.39 is 0 Å². The van der Waals surface area contributed by atoms with Crippen LogP contribution in [-0.2, 0) is 0 Å². The summed E-state index contributed by atoms with van der Waals surface area (Å²) in [5.41, 5.74) is 2.97. The molecule has 1 aliphatic heterocycles. The first-order valence-corrected chi connectivity index (χ1v) is 10.1. The van der Waals surface area contributed by atoms with E-state index in [1.165, 1.54) is 18.4 Å². The van der Waals surface area contributed by atoms with Crippen LogP contribution in [-0.4, -0.2) is 33.3 Å². The van der Waals surface area contributed by atoms with Crippen molar-refractivity contribution >= 4 is 16.7 Å². The number of aromatic nitrogens is 4. The molecule has 1 fully saturated rings. The maximum Gasteiger partial charge on any atom is 0.286 e. The van der Waals surface area contributed by atoms with Crippen molar-refractivity contribution in [2.75, 3.05) is 18.0 Å². The monoisotopic (exact) mass is 385 g/mol. The van der Waals surface area contributed by atoms with E-state index in [0.29, 0.717) is 17.6 Å². The third-order valence-electron chi connectivity index (χ3n) is 5.58. The second-order valence-corrected chi connectivity index (χ2v) is 7.84. The number of hydrogen-bond acceptors (Lipinski definition) is 6. The first-order valence-electron chi connectivity index (χ1n) is 10.1. The maximum absolute atomic E-state index is 5.94. The topological polar surface area (TPSA) is 67.9 Å². The molecule has 29 heavy (non-hydrogen) atoms. The van der Waals surface area contributed by atoms with Gasteiger partial charge in [0.2, 0.25) is 11.7 Å². The van der Waals surface area contributed by atoms with Crippen molar-refractivity contribution in [2.24, 2.45) is 5.92 Å². The van der Waals surface area contributed by atoms with Crippen LogP contribution in [0.3, 0.4) is 0 Å². The molecule has 0 aliphatic carbocycles. The van der Waals surface area contributed by atoms with Crippen LogP contribution >= 0.6 is 0 Å². The molecular formula is C23H23N5O. The van der Waals surface area contributed by atoms with Crippen LogP contribution in [0.4, 0.5) is 5.82 Å². The van der Waals surface area contributed by atoms with Crippen LogP contribution in [0, 0.1) is 12.8 Å². The number of hydrogen-bond donors (Lipinski definition) is 0. The molecular weight excluding hydrogens is 362 g/mol. The van der Waals surface area contributed by atoms with Gasteiger partial charge in [0.15, 0.2) is 0 Å². The number of anilines is 1. The molecule has 0 bridgehead atoms. The minimum Gasteiger partial charge on any atom is -0.413 e. The minimum absolute atomic E-state index is 0.345. The molecule has 6 heteroatoms. The van der Waals surface area contributed by atoms with Gasteiger partial charge in [-0.15, -0.1) is 10.2 Å². The summed E-state index contributed by atoms with van der Waals surface area (Å²) in [6, 6.07) is 16.1. The van der Waals surface area contributed by atoms with Crippen LogP contribution < -0.4 is 4.90 Å². The quantitative estimate of drug-likeness (QED) is 0.500. The lowest BCUT2D eigenvalue weighted by Crippen LogP contribution is -2.33. The molecule has 0 amide bonds. The highest BCUT2D eigenvalue weighted by atomic mass is 16.4. The van der Waals surface area contributed by atoms with Gasteiger partial charge in [0.05, 0.1) is 5.52 Å². The number of piperidine rings is 1. The Balaban J connectivity index is 1.56. The van der Waals surface area contributed by atoms with Crippen LogP contribution in [0.15, 0.2) is 52.9 Å². The summed E-state index contributed by atoms with van der Waals surface area (Å²) < 4.78 is 5.94. The molecule has 0 saturated carbocycles. The number of aryl methyl sites for hydroxylation is 1. The Hall–Kier alpha value is -3.28. The van der Waals surface area contributed by atoms with Gasteiger partial charge in [0.1, 0.15) is 5.82 Å². The highest BCUT2D eigenvalue weighted by Gasteiger charge is 2.22. The van der Waals surface area contributed by atoms with Crippen molar-refractivity contribution in [2.45, 2.75) is 26.7 Å². The molecule has 6 nitrogen and oxygen atoms in total. The zero-order valence-corrected chi connectivity index (χ0v) is 16.7. The zero-order valence-electron chi connectivity index (χ0n) is 16.7. The van der Waals surface area contributed by atoms with Gasteiger partial charge in [0, 0.05) is 24.0 Å². The lowest BCUT2D eigenvalue weighted by Gasteiger charge is -2.31. The van der Waals surface area contributed by atoms with Gasteiger partial charge in [-0.3, -0.25) is 0 Å². The molecule has 3 heterocycles. The molecule has 0 atom stereocenters. The fourth-order valence-electron chi connectivity index (χ4n) is 3.74. The van der Waals surface area contributed by atoms with Gasteiger partial charge < -0.3 is 9.32 Å². The molecule has 4 aromatic rings. The Morgan fingerprint density at radius 1 is 0.897 bits per heavy atom. The molecule has 0 spiro atoms. The predicted octanol–water partition coefficient (Wildman–Crippen LogP) is 4.89. The summed E-state index contributed by atoms with van der Waals surface area (Å²) in [5, 5.41) is 9.50. The Bertz CT molecular complexity index is 1140. The van der Waals surface area contributed by atoms with Gasteiger partial charge in [-0.25, -0.2) is 9.97 Å². The van der Waals surface area contributed by atoms with Crippen molar-refractivity contribution in [3.05, 3.63) is 54.1 Å². The number of rotatable bonds is 3. The molecule has 2 aromatic carbocycles. The molecule has 1 saturated heterocycles. The molecule has 146 valence electrons. The average Bonchev–Trinajstić information content (AvgIpc) is 3.24. The van der Waals surface area contributed by atoms with E-state index in [1.807, 2.05) is 42.5 Å². The molecule has 1 aliphatic rings. The standard InChI is InChI=1S/C23H23N5O/c1-15-7-9-17(10-8-15)22-26-27-23(29-22)20-24-19-6-4-3-5-18(19)21(25-20)28-13-11-16(2)12-14-28/h3-10,16H,11-14H2,1-2H3. The van der Waals surface area contributed by atoms with Crippen LogP contribution in [0.1, 0.15) is 25.3 Å². The smallest absolute Gasteiger partial charge is 0.286 e. The van der Waals surface area contributed by atoms with Gasteiger partial charge in [-0.1, -0.05) is 36.8 Å². The minimum atomic E-state index is 0.345. The van der Waals surface area contributed by atoms with Gasteiger partial charge in [-0.2, -0.15) is 0 Å². The summed E-state index contributed by atoms with van der Waals surface area (Å²) in [6.07, 6.45) is 2.34. The summed E-state index contributed by atoms with van der Waals surface area (Å²) in [4.78, 5) is 11.9. The van der Waals surface area contributed by atoms with E-state index in [-0.39, 0.29) is 0 Å². The van der Waals surface area contributed by atoms with E-state index in [9.17, 15) is 0 Å². The van der Waals surface area contributed by atoms with Crippen molar-refractivity contribution in [3.63, 3.8) is 0 Å². The zero-order chi connectivity index (χ0) is 19.8. The van der Waals surface area contributed by atoms with Crippen LogP contribution in [0.2, 0.25) is 0 Å². The average molecular weight is 385 g/mol. The third kappa shape index (κ3) is 3.46. The van der Waals surface area contributed by atoms with Crippen molar-refractivity contribution in [3.8, 4) is 23.2 Å². The fraction of sp³-hybridized carbons (Fsp3) is 0.304. The molecule has 5 rings (SSSR count). The van der Waals surface area contributed by atoms with Crippen molar-refractivity contribution < 1.29 is 4.42 Å². The molecule has 0 unspecified atom stereocenters. The lowest BCUT2D eigenvalue weighted by atomic mass is 9.99. The first-order chi connectivity index (χ1) is 14.2. The Morgan fingerprint density at radius 2 is 1.62 bits per heavy atom. The number of nitrogens with zero attached hydrogens (tertiary/aromatic N) is 5. The van der Waals surface area contributed by atoms with Crippen LogP contribution in [0.25, 0.3) is 34.1 Å². The summed E-state index contributed by atoms with van der Waals surface area (Å²) in [5.74, 6) is 3.01. The molecule has 0 N–H and O–H groups in total. The second kappa shape index (κ2) is 7.28. The largest absolute Gasteiger partial charge is 0.413 e. The Labute approximate surface area is 169 Å². The van der Waals surface area contributed by atoms with Crippen molar-refractivity contribution in [1.82, 2.24) is 20.2 Å². The Kier molecular flexibility index (Phi) is 4.46. The number of benzene rings is 2. The number of fused-ring (bicyclic) bond motifs is 1. The normalized spacial score (nSPS) is 15.2.